The van der Waals surface area contributed by atoms with Crippen molar-refractivity contribution in [3.05, 3.63) is 54.1 Å². The minimum atomic E-state index is -0.977. The van der Waals surface area contributed by atoms with Crippen LogP contribution in [0.1, 0.15) is 25.7 Å². The van der Waals surface area contributed by atoms with Crippen LogP contribution in [0.15, 0.2) is 42.5 Å². The minimum Gasteiger partial charge on any atom is -0.385 e. The summed E-state index contributed by atoms with van der Waals surface area (Å²) in [5.41, 5.74) is 2.43. The molecule has 0 saturated carbocycles. The number of amides is 1. The van der Waals surface area contributed by atoms with Crippen LogP contribution in [0.2, 0.25) is 0 Å². The fourth-order valence-electron chi connectivity index (χ4n) is 3.06. The first kappa shape index (κ1) is 18.2. The second kappa shape index (κ2) is 8.65. The fraction of sp³-hybridized carbons (Fsp3) is 0.350. The Morgan fingerprint density at radius 1 is 0.923 bits per heavy atom. The van der Waals surface area contributed by atoms with Crippen molar-refractivity contribution in [2.45, 2.75) is 25.7 Å². The number of nitrogens with zero attached hydrogens (tertiary/aromatic N) is 1. The van der Waals surface area contributed by atoms with Crippen LogP contribution in [-0.4, -0.2) is 25.5 Å². The van der Waals surface area contributed by atoms with Crippen LogP contribution in [0.5, 0.6) is 0 Å². The zero-order valence-electron chi connectivity index (χ0n) is 14.6. The van der Waals surface area contributed by atoms with Gasteiger partial charge in [-0.2, -0.15) is 0 Å². The molecule has 1 saturated heterocycles. The lowest BCUT2D eigenvalue weighted by molar-refractivity contribution is -0.115. The lowest BCUT2D eigenvalue weighted by Gasteiger charge is -2.28. The van der Waals surface area contributed by atoms with Gasteiger partial charge in [0.15, 0.2) is 11.6 Å². The number of rotatable bonds is 6. The summed E-state index contributed by atoms with van der Waals surface area (Å²) in [4.78, 5) is 14.3. The van der Waals surface area contributed by atoms with Crippen LogP contribution < -0.4 is 15.5 Å². The molecule has 0 aromatic heterocycles. The van der Waals surface area contributed by atoms with E-state index < -0.39 is 11.6 Å². The highest BCUT2D eigenvalue weighted by molar-refractivity contribution is 5.90. The Morgan fingerprint density at radius 2 is 1.62 bits per heavy atom. The smallest absolute Gasteiger partial charge is 0.226 e. The minimum absolute atomic E-state index is 0.229. The topological polar surface area (TPSA) is 44.4 Å². The zero-order valence-corrected chi connectivity index (χ0v) is 14.6. The van der Waals surface area contributed by atoms with E-state index in [4.69, 9.17) is 0 Å². The van der Waals surface area contributed by atoms with Crippen molar-refractivity contribution in [1.29, 1.82) is 0 Å². The number of halogens is 2. The molecule has 1 fully saturated rings. The molecule has 1 heterocycles. The van der Waals surface area contributed by atoms with Crippen LogP contribution in [0, 0.1) is 11.6 Å². The molecule has 0 unspecified atom stereocenters. The van der Waals surface area contributed by atoms with E-state index in [2.05, 4.69) is 27.7 Å². The Labute approximate surface area is 152 Å². The average molecular weight is 359 g/mol. The van der Waals surface area contributed by atoms with Crippen molar-refractivity contribution in [2.75, 3.05) is 35.2 Å². The van der Waals surface area contributed by atoms with Gasteiger partial charge in [-0.25, -0.2) is 8.78 Å². The Balaban J connectivity index is 1.43. The van der Waals surface area contributed by atoms with Gasteiger partial charge in [-0.3, -0.25) is 4.79 Å². The molecule has 0 radical (unpaired) electrons. The van der Waals surface area contributed by atoms with Crippen LogP contribution in [0.25, 0.3) is 0 Å². The highest BCUT2D eigenvalue weighted by Gasteiger charge is 2.10. The van der Waals surface area contributed by atoms with E-state index in [1.165, 1.54) is 31.0 Å². The molecule has 4 nitrogen and oxygen atoms in total. The summed E-state index contributed by atoms with van der Waals surface area (Å²) in [6.07, 6.45) is 4.02. The molecule has 26 heavy (non-hydrogen) atoms. The van der Waals surface area contributed by atoms with Crippen LogP contribution >= 0.6 is 0 Å². The van der Waals surface area contributed by atoms with Gasteiger partial charge in [-0.15, -0.1) is 0 Å². The maximum atomic E-state index is 13.1. The van der Waals surface area contributed by atoms with E-state index in [0.717, 1.165) is 30.9 Å². The molecule has 6 heteroatoms. The maximum Gasteiger partial charge on any atom is 0.226 e. The summed E-state index contributed by atoms with van der Waals surface area (Å²) < 4.78 is 26.0. The lowest BCUT2D eigenvalue weighted by Crippen LogP contribution is -2.29. The third-order valence-corrected chi connectivity index (χ3v) is 4.47. The molecule has 3 rings (SSSR count). The predicted molar refractivity (Wildman–Crippen MR) is 101 cm³/mol. The second-order valence-corrected chi connectivity index (χ2v) is 6.45. The van der Waals surface area contributed by atoms with E-state index in [0.29, 0.717) is 6.54 Å². The molecule has 2 aromatic carbocycles. The first-order chi connectivity index (χ1) is 12.6. The van der Waals surface area contributed by atoms with E-state index in [9.17, 15) is 13.6 Å². The van der Waals surface area contributed by atoms with Gasteiger partial charge in [0.1, 0.15) is 0 Å². The Hall–Kier alpha value is -2.63. The maximum absolute atomic E-state index is 13.1. The summed E-state index contributed by atoms with van der Waals surface area (Å²) in [7, 11) is 0. The second-order valence-electron chi connectivity index (χ2n) is 6.45. The number of piperidine rings is 1. The summed E-state index contributed by atoms with van der Waals surface area (Å²) in [5, 5.41) is 5.75. The zero-order chi connectivity index (χ0) is 18.4. The molecule has 0 spiro atoms. The van der Waals surface area contributed by atoms with Gasteiger partial charge in [-0.1, -0.05) is 0 Å². The first-order valence-electron chi connectivity index (χ1n) is 8.95. The Bertz CT molecular complexity index is 743. The van der Waals surface area contributed by atoms with Gasteiger partial charge in [0.25, 0.3) is 0 Å². The normalized spacial score (nSPS) is 14.2. The van der Waals surface area contributed by atoms with Crippen molar-refractivity contribution < 1.29 is 13.6 Å². The van der Waals surface area contributed by atoms with Crippen molar-refractivity contribution >= 4 is 23.0 Å². The van der Waals surface area contributed by atoms with Gasteiger partial charge >= 0.3 is 0 Å². The van der Waals surface area contributed by atoms with Crippen molar-refractivity contribution in [1.82, 2.24) is 0 Å². The quantitative estimate of drug-likeness (QED) is 0.804. The van der Waals surface area contributed by atoms with E-state index in [1.54, 1.807) is 0 Å². The molecule has 0 atom stereocenters. The Morgan fingerprint density at radius 3 is 2.31 bits per heavy atom. The summed E-state index contributed by atoms with van der Waals surface area (Å²) >= 11 is 0. The number of carbonyl (C=O) groups excluding carboxylic acids is 1. The number of nitrogens with one attached hydrogen (secondary N) is 2. The number of hydrogen-bond acceptors (Lipinski definition) is 3. The summed E-state index contributed by atoms with van der Waals surface area (Å²) in [5.74, 6) is -2.17. The molecule has 2 aromatic rings. The van der Waals surface area contributed by atoms with Crippen molar-refractivity contribution in [3.63, 3.8) is 0 Å². The predicted octanol–water partition coefficient (Wildman–Crippen LogP) is 4.40. The highest BCUT2D eigenvalue weighted by Crippen LogP contribution is 2.21. The van der Waals surface area contributed by atoms with Crippen LogP contribution in [0.3, 0.4) is 0 Å². The fourth-order valence-corrected chi connectivity index (χ4v) is 3.06. The van der Waals surface area contributed by atoms with Gasteiger partial charge in [0.2, 0.25) is 5.91 Å². The number of hydrogen-bond donors (Lipinski definition) is 2. The number of benzene rings is 2. The monoisotopic (exact) mass is 359 g/mol. The molecule has 2 N–H and O–H groups in total. The standard InChI is InChI=1S/C20H23F2N3O/c21-18-9-6-16(14-19(18)22)24-20(26)10-11-23-15-4-7-17(8-5-15)25-12-2-1-3-13-25/h4-9,14,23H,1-3,10-13H2,(H,24,26). The third kappa shape index (κ3) is 4.94. The molecule has 138 valence electrons. The largest absolute Gasteiger partial charge is 0.385 e. The number of anilines is 3. The van der Waals surface area contributed by atoms with E-state index in [-0.39, 0.29) is 18.0 Å². The summed E-state index contributed by atoms with van der Waals surface area (Å²) in [6, 6.07) is 11.5. The lowest BCUT2D eigenvalue weighted by atomic mass is 10.1. The molecule has 1 aliphatic heterocycles. The molecule has 1 amide bonds. The van der Waals surface area contributed by atoms with Crippen LogP contribution in [-0.2, 0) is 4.79 Å². The SMILES string of the molecule is O=C(CCNc1ccc(N2CCCCC2)cc1)Nc1ccc(F)c(F)c1. The van der Waals surface area contributed by atoms with Gasteiger partial charge in [0.05, 0.1) is 0 Å². The summed E-state index contributed by atoms with van der Waals surface area (Å²) in [6.45, 7) is 2.67. The van der Waals surface area contributed by atoms with Gasteiger partial charge in [-0.05, 0) is 55.7 Å². The Kier molecular flexibility index (Phi) is 6.04. The van der Waals surface area contributed by atoms with Crippen LogP contribution in [0.4, 0.5) is 25.8 Å². The molecule has 1 aliphatic rings. The first-order valence-corrected chi connectivity index (χ1v) is 8.95. The third-order valence-electron chi connectivity index (χ3n) is 4.47. The van der Waals surface area contributed by atoms with E-state index in [1.807, 2.05) is 12.1 Å². The highest BCUT2D eigenvalue weighted by atomic mass is 19.2. The molecule has 0 bridgehead atoms. The molecule has 0 aliphatic carbocycles. The molecular weight excluding hydrogens is 336 g/mol. The van der Waals surface area contributed by atoms with Gasteiger partial charge < -0.3 is 15.5 Å². The average Bonchev–Trinajstić information content (AvgIpc) is 2.66. The van der Waals surface area contributed by atoms with Crippen molar-refractivity contribution in [3.8, 4) is 0 Å². The van der Waals surface area contributed by atoms with E-state index >= 15 is 0 Å². The number of carbonyl (C=O) groups is 1. The van der Waals surface area contributed by atoms with Crippen molar-refractivity contribution in [2.24, 2.45) is 0 Å². The van der Waals surface area contributed by atoms with Gasteiger partial charge in [0, 0.05) is 49.2 Å². The molecular formula is C20H23F2N3O.